The summed E-state index contributed by atoms with van der Waals surface area (Å²) in [7, 11) is 1.59. The largest absolute Gasteiger partial charge is 0.481 e. The highest BCUT2D eigenvalue weighted by molar-refractivity contribution is 5.85. The Morgan fingerprint density at radius 2 is 1.89 bits per heavy atom. The number of rotatable bonds is 5. The molecule has 1 aliphatic carbocycles. The van der Waals surface area contributed by atoms with Gasteiger partial charge < -0.3 is 15.2 Å². The van der Waals surface area contributed by atoms with E-state index in [2.05, 4.69) is 5.32 Å². The highest BCUT2D eigenvalue weighted by Crippen LogP contribution is 2.36. The molecule has 0 aromatic heterocycles. The first-order valence-corrected chi connectivity index (χ1v) is 6.32. The van der Waals surface area contributed by atoms with Gasteiger partial charge in [-0.25, -0.2) is 0 Å². The standard InChI is InChI=1S/C13H23NO4/c1-8-5-9(10(6-8)12(16)17)11(15)14-7-13(2,3)18-4/h8-10H,5-7H2,1-4H3,(H,14,15)(H,16,17). The van der Waals surface area contributed by atoms with Crippen molar-refractivity contribution in [3.05, 3.63) is 0 Å². The lowest BCUT2D eigenvalue weighted by molar-refractivity contribution is -0.146. The Balaban J connectivity index is 2.58. The van der Waals surface area contributed by atoms with Gasteiger partial charge in [-0.05, 0) is 32.6 Å². The molecule has 0 heterocycles. The molecule has 0 aromatic rings. The molecule has 1 rings (SSSR count). The van der Waals surface area contributed by atoms with Crippen LogP contribution in [0.2, 0.25) is 0 Å². The van der Waals surface area contributed by atoms with Crippen LogP contribution in [0.1, 0.15) is 33.6 Å². The number of methoxy groups -OCH3 is 1. The molecule has 1 saturated carbocycles. The number of carbonyl (C=O) groups excluding carboxylic acids is 1. The van der Waals surface area contributed by atoms with Gasteiger partial charge in [-0.3, -0.25) is 9.59 Å². The van der Waals surface area contributed by atoms with Gasteiger partial charge >= 0.3 is 5.97 Å². The Morgan fingerprint density at radius 1 is 1.33 bits per heavy atom. The molecule has 5 nitrogen and oxygen atoms in total. The molecule has 1 amide bonds. The predicted molar refractivity (Wildman–Crippen MR) is 67.1 cm³/mol. The number of ether oxygens (including phenoxy) is 1. The lowest BCUT2D eigenvalue weighted by atomic mass is 9.95. The van der Waals surface area contributed by atoms with E-state index in [0.717, 1.165) is 0 Å². The van der Waals surface area contributed by atoms with E-state index in [9.17, 15) is 9.59 Å². The van der Waals surface area contributed by atoms with Crippen molar-refractivity contribution in [3.8, 4) is 0 Å². The first-order chi connectivity index (χ1) is 8.26. The minimum atomic E-state index is -0.870. The Bertz CT molecular complexity index is 327. The van der Waals surface area contributed by atoms with Gasteiger partial charge in [0.2, 0.25) is 5.91 Å². The Kier molecular flexibility index (Phi) is 4.73. The minimum absolute atomic E-state index is 0.170. The number of carbonyl (C=O) groups is 2. The van der Waals surface area contributed by atoms with Crippen molar-refractivity contribution < 1.29 is 19.4 Å². The van der Waals surface area contributed by atoms with E-state index in [-0.39, 0.29) is 11.8 Å². The van der Waals surface area contributed by atoms with Crippen molar-refractivity contribution in [1.82, 2.24) is 5.32 Å². The summed E-state index contributed by atoms with van der Waals surface area (Å²) in [6, 6.07) is 0. The van der Waals surface area contributed by atoms with Crippen LogP contribution in [0.5, 0.6) is 0 Å². The fraction of sp³-hybridized carbons (Fsp3) is 0.846. The van der Waals surface area contributed by atoms with E-state index in [1.54, 1.807) is 7.11 Å². The third kappa shape index (κ3) is 3.70. The zero-order valence-electron chi connectivity index (χ0n) is 11.5. The highest BCUT2D eigenvalue weighted by Gasteiger charge is 2.41. The molecular formula is C13H23NO4. The van der Waals surface area contributed by atoms with Gasteiger partial charge in [0.05, 0.1) is 17.4 Å². The van der Waals surface area contributed by atoms with Gasteiger partial charge in [0, 0.05) is 13.7 Å². The smallest absolute Gasteiger partial charge is 0.307 e. The van der Waals surface area contributed by atoms with E-state index in [4.69, 9.17) is 9.84 Å². The molecule has 1 fully saturated rings. The second-order valence-corrected chi connectivity index (χ2v) is 5.81. The number of hydrogen-bond acceptors (Lipinski definition) is 3. The van der Waals surface area contributed by atoms with Gasteiger partial charge in [0.15, 0.2) is 0 Å². The van der Waals surface area contributed by atoms with Crippen LogP contribution in [0.4, 0.5) is 0 Å². The van der Waals surface area contributed by atoms with Crippen LogP contribution >= 0.6 is 0 Å². The van der Waals surface area contributed by atoms with E-state index in [1.165, 1.54) is 0 Å². The molecule has 0 bridgehead atoms. The number of carboxylic acid groups (broad SMARTS) is 1. The molecular weight excluding hydrogens is 234 g/mol. The molecule has 5 heteroatoms. The highest BCUT2D eigenvalue weighted by atomic mass is 16.5. The van der Waals surface area contributed by atoms with Crippen molar-refractivity contribution in [2.75, 3.05) is 13.7 Å². The van der Waals surface area contributed by atoms with E-state index < -0.39 is 23.4 Å². The van der Waals surface area contributed by atoms with Crippen molar-refractivity contribution in [3.63, 3.8) is 0 Å². The zero-order valence-corrected chi connectivity index (χ0v) is 11.5. The van der Waals surface area contributed by atoms with E-state index in [1.807, 2.05) is 20.8 Å². The summed E-state index contributed by atoms with van der Waals surface area (Å²) in [5.74, 6) is -1.71. The molecule has 2 N–H and O–H groups in total. The number of hydrogen-bond donors (Lipinski definition) is 2. The second kappa shape index (κ2) is 5.69. The van der Waals surface area contributed by atoms with Crippen LogP contribution in [0.15, 0.2) is 0 Å². The van der Waals surface area contributed by atoms with Gasteiger partial charge in [-0.15, -0.1) is 0 Å². The summed E-state index contributed by atoms with van der Waals surface area (Å²) in [4.78, 5) is 23.2. The van der Waals surface area contributed by atoms with Gasteiger partial charge in [0.25, 0.3) is 0 Å². The monoisotopic (exact) mass is 257 g/mol. The first-order valence-electron chi connectivity index (χ1n) is 6.32. The Labute approximate surface area is 108 Å². The number of nitrogens with one attached hydrogen (secondary N) is 1. The second-order valence-electron chi connectivity index (χ2n) is 5.81. The van der Waals surface area contributed by atoms with Crippen molar-refractivity contribution in [2.24, 2.45) is 17.8 Å². The average molecular weight is 257 g/mol. The number of carboxylic acids is 1. The molecule has 3 unspecified atom stereocenters. The molecule has 104 valence electrons. The van der Waals surface area contributed by atoms with Gasteiger partial charge in [-0.1, -0.05) is 6.92 Å². The third-order valence-electron chi connectivity index (χ3n) is 3.69. The fourth-order valence-electron chi connectivity index (χ4n) is 2.36. The first kappa shape index (κ1) is 15.0. The van der Waals surface area contributed by atoms with E-state index in [0.29, 0.717) is 19.4 Å². The van der Waals surface area contributed by atoms with Crippen molar-refractivity contribution in [2.45, 2.75) is 39.2 Å². The van der Waals surface area contributed by atoms with Gasteiger partial charge in [-0.2, -0.15) is 0 Å². The maximum atomic E-state index is 12.0. The Morgan fingerprint density at radius 3 is 2.39 bits per heavy atom. The molecule has 0 radical (unpaired) electrons. The molecule has 18 heavy (non-hydrogen) atoms. The Hall–Kier alpha value is -1.10. The number of amides is 1. The van der Waals surface area contributed by atoms with E-state index >= 15 is 0 Å². The lowest BCUT2D eigenvalue weighted by Gasteiger charge is -2.24. The summed E-state index contributed by atoms with van der Waals surface area (Å²) in [5, 5.41) is 11.9. The maximum Gasteiger partial charge on any atom is 0.307 e. The fourth-order valence-corrected chi connectivity index (χ4v) is 2.36. The predicted octanol–water partition coefficient (Wildman–Crippen LogP) is 1.27. The topological polar surface area (TPSA) is 75.6 Å². The summed E-state index contributed by atoms with van der Waals surface area (Å²) < 4.78 is 5.22. The number of aliphatic carboxylic acids is 1. The summed E-state index contributed by atoms with van der Waals surface area (Å²) in [6.07, 6.45) is 1.23. The third-order valence-corrected chi connectivity index (χ3v) is 3.69. The SMILES string of the molecule is COC(C)(C)CNC(=O)C1CC(C)CC1C(=O)O. The van der Waals surface area contributed by atoms with Crippen LogP contribution < -0.4 is 5.32 Å². The van der Waals surface area contributed by atoms with Gasteiger partial charge in [0.1, 0.15) is 0 Å². The molecule has 0 aliphatic heterocycles. The molecule has 0 saturated heterocycles. The molecule has 0 aromatic carbocycles. The normalized spacial score (nSPS) is 28.1. The van der Waals surface area contributed by atoms with Crippen molar-refractivity contribution in [1.29, 1.82) is 0 Å². The summed E-state index contributed by atoms with van der Waals surface area (Å²) >= 11 is 0. The van der Waals surface area contributed by atoms with Crippen molar-refractivity contribution >= 4 is 11.9 Å². The van der Waals surface area contributed by atoms with Crippen LogP contribution in [0.3, 0.4) is 0 Å². The zero-order chi connectivity index (χ0) is 13.9. The quantitative estimate of drug-likeness (QED) is 0.778. The molecule has 1 aliphatic rings. The van der Waals surface area contributed by atoms with Crippen LogP contribution in [0, 0.1) is 17.8 Å². The van der Waals surface area contributed by atoms with Crippen LogP contribution in [-0.2, 0) is 14.3 Å². The molecule has 0 spiro atoms. The molecule has 3 atom stereocenters. The summed E-state index contributed by atoms with van der Waals surface area (Å²) in [5.41, 5.74) is -0.432. The summed E-state index contributed by atoms with van der Waals surface area (Å²) in [6.45, 7) is 6.13. The van der Waals surface area contributed by atoms with Crippen LogP contribution in [-0.4, -0.2) is 36.2 Å². The minimum Gasteiger partial charge on any atom is -0.481 e. The maximum absolute atomic E-state index is 12.0. The van der Waals surface area contributed by atoms with Crippen LogP contribution in [0.25, 0.3) is 0 Å². The lowest BCUT2D eigenvalue weighted by Crippen LogP contribution is -2.43. The average Bonchev–Trinajstić information content (AvgIpc) is 2.68.